The average molecular weight is 294 g/mol. The minimum Gasteiger partial charge on any atom is -0.392 e. The monoisotopic (exact) mass is 294 g/mol. The van der Waals surface area contributed by atoms with Crippen LogP contribution < -0.4 is 0 Å². The van der Waals surface area contributed by atoms with Gasteiger partial charge in [0.1, 0.15) is 0 Å². The number of aliphatic hydroxyl groups excluding tert-OH is 1. The third-order valence-electron chi connectivity index (χ3n) is 3.49. The smallest absolute Gasteiger partial charge is 0.254 e. The zero-order valence-electron chi connectivity index (χ0n) is 12.5. The molecule has 2 rings (SSSR count). The summed E-state index contributed by atoms with van der Waals surface area (Å²) in [6.45, 7) is 0.488. The fraction of sp³-hybridized carbons (Fsp3) is 0.222. The summed E-state index contributed by atoms with van der Waals surface area (Å²) in [5.74, 6) is -0.0999. The van der Waals surface area contributed by atoms with Gasteiger partial charge < -0.3 is 10.0 Å². The van der Waals surface area contributed by atoms with Gasteiger partial charge in [-0.05, 0) is 22.8 Å². The summed E-state index contributed by atoms with van der Waals surface area (Å²) in [6.07, 6.45) is 0.223. The molecule has 0 aliphatic heterocycles. The van der Waals surface area contributed by atoms with Gasteiger partial charge in [0.15, 0.2) is 0 Å². The second kappa shape index (κ2) is 7.39. The number of hydrogen-bond acceptors (Lipinski definition) is 3. The van der Waals surface area contributed by atoms with E-state index in [-0.39, 0.29) is 18.9 Å². The third-order valence-corrected chi connectivity index (χ3v) is 3.49. The van der Waals surface area contributed by atoms with Gasteiger partial charge in [-0.2, -0.15) is 5.26 Å². The molecule has 2 aromatic carbocycles. The van der Waals surface area contributed by atoms with Gasteiger partial charge in [-0.15, -0.1) is 0 Å². The van der Waals surface area contributed by atoms with Crippen LogP contribution in [-0.4, -0.2) is 23.0 Å². The molecule has 0 aliphatic carbocycles. The maximum Gasteiger partial charge on any atom is 0.254 e. The number of benzene rings is 2. The zero-order valence-corrected chi connectivity index (χ0v) is 12.5. The Hall–Kier alpha value is -2.64. The van der Waals surface area contributed by atoms with E-state index in [2.05, 4.69) is 6.07 Å². The summed E-state index contributed by atoms with van der Waals surface area (Å²) < 4.78 is 0. The largest absolute Gasteiger partial charge is 0.392 e. The summed E-state index contributed by atoms with van der Waals surface area (Å²) in [6, 6.07) is 16.8. The molecule has 0 aliphatic rings. The number of nitriles is 1. The van der Waals surface area contributed by atoms with Crippen LogP contribution in [0.25, 0.3) is 0 Å². The fourth-order valence-corrected chi connectivity index (χ4v) is 2.27. The van der Waals surface area contributed by atoms with Crippen LogP contribution in [0.1, 0.15) is 27.0 Å². The average Bonchev–Trinajstić information content (AvgIpc) is 2.55. The van der Waals surface area contributed by atoms with Crippen molar-refractivity contribution in [1.29, 1.82) is 5.26 Å². The first-order valence-electron chi connectivity index (χ1n) is 7.04. The molecule has 0 fully saturated rings. The molecule has 0 aromatic heterocycles. The van der Waals surface area contributed by atoms with Gasteiger partial charge in [0, 0.05) is 19.2 Å². The Morgan fingerprint density at radius 2 is 1.77 bits per heavy atom. The maximum absolute atomic E-state index is 12.5. The fourth-order valence-electron chi connectivity index (χ4n) is 2.27. The highest BCUT2D eigenvalue weighted by atomic mass is 16.3. The van der Waals surface area contributed by atoms with E-state index in [1.54, 1.807) is 30.1 Å². The number of hydrogen-bond donors (Lipinski definition) is 1. The van der Waals surface area contributed by atoms with Gasteiger partial charge in [-0.1, -0.05) is 42.5 Å². The molecular formula is C18H18N2O2. The van der Waals surface area contributed by atoms with Crippen LogP contribution in [0.4, 0.5) is 0 Å². The van der Waals surface area contributed by atoms with Crippen molar-refractivity contribution in [3.8, 4) is 6.07 Å². The molecule has 2 aromatic rings. The molecule has 0 saturated carbocycles. The van der Waals surface area contributed by atoms with Crippen LogP contribution in [0.5, 0.6) is 0 Å². The predicted octanol–water partition coefficient (Wildman–Crippen LogP) is 2.52. The topological polar surface area (TPSA) is 64.3 Å². The second-order valence-electron chi connectivity index (χ2n) is 5.13. The first kappa shape index (κ1) is 15.7. The van der Waals surface area contributed by atoms with E-state index < -0.39 is 0 Å². The lowest BCUT2D eigenvalue weighted by Gasteiger charge is -2.19. The van der Waals surface area contributed by atoms with E-state index in [0.717, 1.165) is 16.7 Å². The highest BCUT2D eigenvalue weighted by Crippen LogP contribution is 2.14. The lowest BCUT2D eigenvalue weighted by atomic mass is 10.0. The molecular weight excluding hydrogens is 276 g/mol. The molecule has 22 heavy (non-hydrogen) atoms. The molecule has 4 nitrogen and oxygen atoms in total. The normalized spacial score (nSPS) is 10.0. The Balaban J connectivity index is 2.13. The molecule has 112 valence electrons. The molecule has 1 amide bonds. The van der Waals surface area contributed by atoms with Crippen molar-refractivity contribution in [3.63, 3.8) is 0 Å². The summed E-state index contributed by atoms with van der Waals surface area (Å²) in [4.78, 5) is 14.2. The van der Waals surface area contributed by atoms with Gasteiger partial charge in [0.2, 0.25) is 0 Å². The number of carbonyl (C=O) groups is 1. The van der Waals surface area contributed by atoms with E-state index in [4.69, 9.17) is 10.4 Å². The van der Waals surface area contributed by atoms with Crippen LogP contribution in [0.15, 0.2) is 48.5 Å². The van der Waals surface area contributed by atoms with Gasteiger partial charge in [-0.3, -0.25) is 4.79 Å². The van der Waals surface area contributed by atoms with Gasteiger partial charge in [0.05, 0.1) is 19.1 Å². The molecule has 1 N–H and O–H groups in total. The minimum atomic E-state index is -0.0999. The predicted molar refractivity (Wildman–Crippen MR) is 83.9 cm³/mol. The van der Waals surface area contributed by atoms with Gasteiger partial charge >= 0.3 is 0 Å². The van der Waals surface area contributed by atoms with Crippen molar-refractivity contribution in [2.45, 2.75) is 19.6 Å². The van der Waals surface area contributed by atoms with Crippen LogP contribution >= 0.6 is 0 Å². The van der Waals surface area contributed by atoms with Crippen molar-refractivity contribution < 1.29 is 9.90 Å². The molecule has 0 radical (unpaired) electrons. The SMILES string of the molecule is CN(Cc1ccc(CO)cc1)C(=O)c1ccccc1CC#N. The van der Waals surface area contributed by atoms with Crippen molar-refractivity contribution >= 4 is 5.91 Å². The molecule has 0 heterocycles. The molecule has 0 atom stereocenters. The first-order chi connectivity index (χ1) is 10.7. The number of amides is 1. The van der Waals surface area contributed by atoms with E-state index in [9.17, 15) is 4.79 Å². The number of nitrogens with zero attached hydrogens (tertiary/aromatic N) is 2. The van der Waals surface area contributed by atoms with E-state index in [1.807, 2.05) is 30.3 Å². The van der Waals surface area contributed by atoms with Crippen LogP contribution in [0.3, 0.4) is 0 Å². The summed E-state index contributed by atoms with van der Waals surface area (Å²) in [5, 5.41) is 17.9. The maximum atomic E-state index is 12.5. The lowest BCUT2D eigenvalue weighted by molar-refractivity contribution is 0.0784. The van der Waals surface area contributed by atoms with Gasteiger partial charge in [-0.25, -0.2) is 0 Å². The van der Waals surface area contributed by atoms with E-state index in [1.165, 1.54) is 0 Å². The molecule has 0 bridgehead atoms. The summed E-state index contributed by atoms with van der Waals surface area (Å²) in [7, 11) is 1.74. The lowest BCUT2D eigenvalue weighted by Crippen LogP contribution is -2.27. The van der Waals surface area contributed by atoms with Crippen molar-refractivity contribution in [2.75, 3.05) is 7.05 Å². The van der Waals surface area contributed by atoms with Gasteiger partial charge in [0.25, 0.3) is 5.91 Å². The highest BCUT2D eigenvalue weighted by Gasteiger charge is 2.15. The molecule has 0 unspecified atom stereocenters. The van der Waals surface area contributed by atoms with Crippen molar-refractivity contribution in [1.82, 2.24) is 4.90 Å². The zero-order chi connectivity index (χ0) is 15.9. The van der Waals surface area contributed by atoms with Crippen LogP contribution in [0, 0.1) is 11.3 Å². The van der Waals surface area contributed by atoms with Crippen molar-refractivity contribution in [2.24, 2.45) is 0 Å². The Morgan fingerprint density at radius 1 is 1.14 bits per heavy atom. The third kappa shape index (κ3) is 3.72. The molecule has 0 spiro atoms. The first-order valence-corrected chi connectivity index (χ1v) is 7.04. The Morgan fingerprint density at radius 3 is 2.41 bits per heavy atom. The van der Waals surface area contributed by atoms with Crippen molar-refractivity contribution in [3.05, 3.63) is 70.8 Å². The highest BCUT2D eigenvalue weighted by molar-refractivity contribution is 5.95. The number of rotatable bonds is 5. The molecule has 0 saturated heterocycles. The minimum absolute atomic E-state index is 0.0105. The number of carbonyl (C=O) groups excluding carboxylic acids is 1. The van der Waals surface area contributed by atoms with Crippen LogP contribution in [0.2, 0.25) is 0 Å². The standard InChI is InChI=1S/C18H18N2O2/c1-20(12-14-6-8-15(13-21)9-7-14)18(22)17-5-3-2-4-16(17)10-11-19/h2-9,21H,10,12-13H2,1H3. The number of aliphatic hydroxyl groups is 1. The Bertz CT molecular complexity index is 687. The van der Waals surface area contributed by atoms with E-state index >= 15 is 0 Å². The second-order valence-corrected chi connectivity index (χ2v) is 5.13. The Kier molecular flexibility index (Phi) is 5.29. The quantitative estimate of drug-likeness (QED) is 0.921. The Labute approximate surface area is 130 Å². The van der Waals surface area contributed by atoms with E-state index in [0.29, 0.717) is 12.1 Å². The molecule has 4 heteroatoms. The summed E-state index contributed by atoms with van der Waals surface area (Å²) >= 11 is 0. The van der Waals surface area contributed by atoms with Crippen LogP contribution in [-0.2, 0) is 19.6 Å². The summed E-state index contributed by atoms with van der Waals surface area (Å²) in [5.41, 5.74) is 3.15.